The minimum absolute atomic E-state index is 0.401. The molecule has 1 aromatic carbocycles. The average Bonchev–Trinajstić information content (AvgIpc) is 2.26. The predicted molar refractivity (Wildman–Crippen MR) is 60.1 cm³/mol. The molecule has 7 nitrogen and oxygen atoms in total. The molecule has 0 saturated carbocycles. The number of carbonyl (C=O) groups is 1. The maximum absolute atomic E-state index is 10.8. The first kappa shape index (κ1) is 15.4. The Morgan fingerprint density at radius 2 is 1.71 bits per heavy atom. The van der Waals surface area contributed by atoms with E-state index in [4.69, 9.17) is 15.2 Å². The van der Waals surface area contributed by atoms with Crippen molar-refractivity contribution in [2.24, 2.45) is 5.90 Å². The van der Waals surface area contributed by atoms with Crippen LogP contribution >= 0.6 is 0 Å². The zero-order chi connectivity index (χ0) is 13.5. The first-order valence-corrected chi connectivity index (χ1v) is 6.10. The van der Waals surface area contributed by atoms with E-state index in [2.05, 4.69) is 4.84 Å². The minimum Gasteiger partial charge on any atom is -0.497 e. The fourth-order valence-corrected chi connectivity index (χ4v) is 0.795. The molecule has 0 heterocycles. The van der Waals surface area contributed by atoms with E-state index in [1.54, 1.807) is 31.4 Å². The van der Waals surface area contributed by atoms with Crippen molar-refractivity contribution in [2.45, 2.75) is 0 Å². The number of carbonyl (C=O) groups excluding carboxylic acids is 1. The third-order valence-corrected chi connectivity index (χ3v) is 1.43. The lowest BCUT2D eigenvalue weighted by atomic mass is 10.2. The van der Waals surface area contributed by atoms with Crippen molar-refractivity contribution in [3.63, 3.8) is 0 Å². The molecule has 0 unspecified atom stereocenters. The van der Waals surface area contributed by atoms with E-state index in [-0.39, 0.29) is 0 Å². The third-order valence-electron chi connectivity index (χ3n) is 1.43. The largest absolute Gasteiger partial charge is 0.497 e. The molecule has 0 bridgehead atoms. The van der Waals surface area contributed by atoms with Crippen molar-refractivity contribution in [3.05, 3.63) is 29.8 Å². The fourth-order valence-electron chi connectivity index (χ4n) is 0.795. The number of rotatable bonds is 2. The van der Waals surface area contributed by atoms with Gasteiger partial charge in [0.2, 0.25) is 0 Å². The van der Waals surface area contributed by atoms with Gasteiger partial charge in [0.15, 0.2) is 0 Å². The van der Waals surface area contributed by atoms with Gasteiger partial charge >= 0.3 is 5.97 Å². The molecule has 0 aromatic heterocycles. The molecular weight excluding hydrogens is 250 g/mol. The van der Waals surface area contributed by atoms with Gasteiger partial charge in [-0.3, -0.25) is 4.55 Å². The molecule has 0 aliphatic rings. The van der Waals surface area contributed by atoms with Crippen molar-refractivity contribution in [3.8, 4) is 5.75 Å². The Balaban J connectivity index is 0.000000437. The summed E-state index contributed by atoms with van der Waals surface area (Å²) in [7, 11) is -2.11. The van der Waals surface area contributed by atoms with Gasteiger partial charge in [0.05, 0.1) is 18.9 Å². The second-order valence-electron chi connectivity index (χ2n) is 2.87. The number of benzene rings is 1. The molecule has 0 aliphatic heterocycles. The Kier molecular flexibility index (Phi) is 6.18. The molecule has 0 amide bonds. The molecule has 17 heavy (non-hydrogen) atoms. The highest BCUT2D eigenvalue weighted by Crippen LogP contribution is 2.11. The Bertz CT molecular complexity index is 445. The molecule has 1 rings (SSSR count). The van der Waals surface area contributed by atoms with E-state index in [9.17, 15) is 13.2 Å². The van der Waals surface area contributed by atoms with E-state index in [1.165, 1.54) is 0 Å². The van der Waals surface area contributed by atoms with Gasteiger partial charge in [0, 0.05) is 0 Å². The summed E-state index contributed by atoms with van der Waals surface area (Å²) in [5.74, 6) is 4.82. The van der Waals surface area contributed by atoms with E-state index >= 15 is 0 Å². The second kappa shape index (κ2) is 6.84. The Labute approximate surface area is 98.8 Å². The Morgan fingerprint density at radius 3 is 2.00 bits per heavy atom. The van der Waals surface area contributed by atoms with Gasteiger partial charge in [-0.2, -0.15) is 14.3 Å². The van der Waals surface area contributed by atoms with Crippen LogP contribution in [-0.4, -0.2) is 32.3 Å². The highest BCUT2D eigenvalue weighted by molar-refractivity contribution is 7.85. The lowest BCUT2D eigenvalue weighted by Gasteiger charge is -2.00. The van der Waals surface area contributed by atoms with Crippen LogP contribution in [0.3, 0.4) is 0 Å². The summed E-state index contributed by atoms with van der Waals surface area (Å²) < 4.78 is 30.8. The number of methoxy groups -OCH3 is 1. The zero-order valence-corrected chi connectivity index (χ0v) is 10.1. The molecule has 0 radical (unpaired) electrons. The predicted octanol–water partition coefficient (Wildman–Crippen LogP) is 0.230. The minimum atomic E-state index is -3.67. The lowest BCUT2D eigenvalue weighted by Crippen LogP contribution is -2.09. The quantitative estimate of drug-likeness (QED) is 0.579. The topological polar surface area (TPSA) is 116 Å². The van der Waals surface area contributed by atoms with Crippen LogP contribution < -0.4 is 10.6 Å². The van der Waals surface area contributed by atoms with Gasteiger partial charge in [-0.05, 0) is 24.3 Å². The first-order valence-electron chi connectivity index (χ1n) is 4.25. The maximum atomic E-state index is 10.8. The molecular formula is C9H13NO6S. The molecule has 96 valence electrons. The van der Waals surface area contributed by atoms with Crippen molar-refractivity contribution < 1.29 is 27.3 Å². The van der Waals surface area contributed by atoms with Gasteiger partial charge in [0.25, 0.3) is 10.1 Å². The summed E-state index contributed by atoms with van der Waals surface area (Å²) in [4.78, 5) is 14.9. The molecule has 0 atom stereocenters. The van der Waals surface area contributed by atoms with Crippen molar-refractivity contribution >= 4 is 16.1 Å². The van der Waals surface area contributed by atoms with E-state index in [0.717, 1.165) is 0 Å². The average molecular weight is 263 g/mol. The van der Waals surface area contributed by atoms with E-state index in [0.29, 0.717) is 17.6 Å². The fraction of sp³-hybridized carbons (Fsp3) is 0.222. The summed E-state index contributed by atoms with van der Waals surface area (Å²) in [6, 6.07) is 6.47. The third kappa shape index (κ3) is 8.20. The summed E-state index contributed by atoms with van der Waals surface area (Å²) in [5, 5.41) is 0. The molecule has 1 aromatic rings. The molecule has 0 saturated heterocycles. The van der Waals surface area contributed by atoms with Crippen LogP contribution in [0.1, 0.15) is 10.4 Å². The van der Waals surface area contributed by atoms with Crippen molar-refractivity contribution in [1.29, 1.82) is 0 Å². The monoisotopic (exact) mass is 263 g/mol. The van der Waals surface area contributed by atoms with Gasteiger partial charge in [-0.1, -0.05) is 0 Å². The molecule has 3 N–H and O–H groups in total. The highest BCUT2D eigenvalue weighted by Gasteiger charge is 2.04. The van der Waals surface area contributed by atoms with Gasteiger partial charge < -0.3 is 9.57 Å². The van der Waals surface area contributed by atoms with E-state index in [1.807, 2.05) is 0 Å². The maximum Gasteiger partial charge on any atom is 0.356 e. The lowest BCUT2D eigenvalue weighted by molar-refractivity contribution is 0.0503. The summed E-state index contributed by atoms with van der Waals surface area (Å²) in [6.45, 7) is 0. The Hall–Kier alpha value is -1.64. The molecule has 8 heteroatoms. The normalized spacial score (nSPS) is 9.88. The van der Waals surface area contributed by atoms with Crippen molar-refractivity contribution in [2.75, 3.05) is 13.4 Å². The summed E-state index contributed by atoms with van der Waals surface area (Å²) >= 11 is 0. The standard InChI is InChI=1S/C8H9NO3.CH4O3S/c1-11-7-4-2-6(3-5-7)8(10)12-9;1-5(2,3)4/h2-5H,9H2,1H3;1H3,(H,2,3,4). The van der Waals surface area contributed by atoms with E-state index < -0.39 is 16.1 Å². The van der Waals surface area contributed by atoms with Gasteiger partial charge in [-0.25, -0.2) is 4.79 Å². The van der Waals surface area contributed by atoms with Crippen LogP contribution in [0.2, 0.25) is 0 Å². The smallest absolute Gasteiger partial charge is 0.356 e. The van der Waals surface area contributed by atoms with Crippen LogP contribution in [0.15, 0.2) is 24.3 Å². The van der Waals surface area contributed by atoms with Crippen LogP contribution in [0, 0.1) is 0 Å². The van der Waals surface area contributed by atoms with Gasteiger partial charge in [0.1, 0.15) is 5.75 Å². The second-order valence-corrected chi connectivity index (χ2v) is 4.33. The van der Waals surface area contributed by atoms with Crippen molar-refractivity contribution in [1.82, 2.24) is 0 Å². The van der Waals surface area contributed by atoms with Crippen LogP contribution in [-0.2, 0) is 15.0 Å². The zero-order valence-electron chi connectivity index (χ0n) is 9.28. The number of hydrogen-bond acceptors (Lipinski definition) is 6. The summed E-state index contributed by atoms with van der Waals surface area (Å²) in [5.41, 5.74) is 0.401. The van der Waals surface area contributed by atoms with Crippen LogP contribution in [0.25, 0.3) is 0 Å². The number of ether oxygens (including phenoxy) is 1. The number of hydrogen-bond donors (Lipinski definition) is 2. The Morgan fingerprint density at radius 1 is 1.29 bits per heavy atom. The first-order chi connectivity index (χ1) is 7.77. The van der Waals surface area contributed by atoms with Crippen LogP contribution in [0.5, 0.6) is 5.75 Å². The number of nitrogens with two attached hydrogens (primary N) is 1. The summed E-state index contributed by atoms with van der Waals surface area (Å²) in [6.07, 6.45) is 0.715. The van der Waals surface area contributed by atoms with Crippen LogP contribution in [0.4, 0.5) is 0 Å². The SMILES string of the molecule is COc1ccc(C(=O)ON)cc1.CS(=O)(=O)O. The highest BCUT2D eigenvalue weighted by atomic mass is 32.2. The van der Waals surface area contributed by atoms with Gasteiger partial charge in [-0.15, -0.1) is 0 Å². The molecule has 0 fully saturated rings. The molecule has 0 spiro atoms. The molecule has 0 aliphatic carbocycles.